The summed E-state index contributed by atoms with van der Waals surface area (Å²) in [6.07, 6.45) is -0.508. The number of benzene rings is 1. The standard InChI is InChI=1S/C14H21NO3S/c1-12-4-2-3-5-14(12)18-11-13(16)10-15-6-8-19(17)9-7-15/h2-5,13,16H,6-11H2,1H3. The Hall–Kier alpha value is -0.910. The van der Waals surface area contributed by atoms with Crippen LogP contribution in [0.3, 0.4) is 0 Å². The van der Waals surface area contributed by atoms with Crippen molar-refractivity contribution >= 4 is 10.8 Å². The van der Waals surface area contributed by atoms with E-state index in [9.17, 15) is 9.32 Å². The third kappa shape index (κ3) is 4.60. The third-order valence-electron chi connectivity index (χ3n) is 3.26. The van der Waals surface area contributed by atoms with E-state index in [1.54, 1.807) is 0 Å². The van der Waals surface area contributed by atoms with Gasteiger partial charge in [-0.1, -0.05) is 18.2 Å². The average molecular weight is 283 g/mol. The maximum absolute atomic E-state index is 11.2. The van der Waals surface area contributed by atoms with Crippen molar-refractivity contribution in [2.75, 3.05) is 37.7 Å². The van der Waals surface area contributed by atoms with E-state index < -0.39 is 16.9 Å². The molecule has 1 unspecified atom stereocenters. The number of rotatable bonds is 5. The number of aryl methyl sites for hydroxylation is 1. The molecule has 19 heavy (non-hydrogen) atoms. The van der Waals surface area contributed by atoms with E-state index in [0.29, 0.717) is 24.7 Å². The largest absolute Gasteiger partial charge is 0.491 e. The van der Waals surface area contributed by atoms with E-state index >= 15 is 0 Å². The van der Waals surface area contributed by atoms with Crippen molar-refractivity contribution in [3.05, 3.63) is 29.8 Å². The van der Waals surface area contributed by atoms with E-state index in [4.69, 9.17) is 4.74 Å². The van der Waals surface area contributed by atoms with Crippen LogP contribution in [0.25, 0.3) is 0 Å². The number of β-amino-alcohol motifs (C(OH)–C–C–N with tert-alkyl or cyclic N) is 1. The Bertz CT molecular complexity index is 428. The number of para-hydroxylation sites is 1. The van der Waals surface area contributed by atoms with E-state index in [-0.39, 0.29) is 0 Å². The zero-order valence-corrected chi connectivity index (χ0v) is 12.1. The molecule has 0 bridgehead atoms. The summed E-state index contributed by atoms with van der Waals surface area (Å²) in [5.41, 5.74) is 1.07. The molecule has 2 rings (SSSR count). The molecule has 0 aromatic heterocycles. The highest BCUT2D eigenvalue weighted by Crippen LogP contribution is 2.16. The molecule has 0 amide bonds. The molecule has 106 valence electrons. The highest BCUT2D eigenvalue weighted by Gasteiger charge is 2.18. The molecule has 0 radical (unpaired) electrons. The number of nitrogens with zero attached hydrogens (tertiary/aromatic N) is 1. The van der Waals surface area contributed by atoms with Crippen LogP contribution in [0.1, 0.15) is 5.56 Å². The first-order valence-corrected chi connectivity index (χ1v) is 8.08. The van der Waals surface area contributed by atoms with E-state index in [2.05, 4.69) is 4.90 Å². The van der Waals surface area contributed by atoms with Gasteiger partial charge in [0, 0.05) is 41.9 Å². The quantitative estimate of drug-likeness (QED) is 0.868. The molecular weight excluding hydrogens is 262 g/mol. The van der Waals surface area contributed by atoms with Crippen LogP contribution >= 0.6 is 0 Å². The zero-order valence-electron chi connectivity index (χ0n) is 11.2. The van der Waals surface area contributed by atoms with E-state index in [1.807, 2.05) is 31.2 Å². The summed E-state index contributed by atoms with van der Waals surface area (Å²) < 4.78 is 16.9. The van der Waals surface area contributed by atoms with Gasteiger partial charge in [0.05, 0.1) is 0 Å². The number of aliphatic hydroxyl groups is 1. The molecule has 1 aromatic rings. The van der Waals surface area contributed by atoms with Gasteiger partial charge in [-0.25, -0.2) is 0 Å². The lowest BCUT2D eigenvalue weighted by Gasteiger charge is -2.28. The first-order valence-electron chi connectivity index (χ1n) is 6.59. The van der Waals surface area contributed by atoms with Gasteiger partial charge in [0.25, 0.3) is 0 Å². The summed E-state index contributed by atoms with van der Waals surface area (Å²) >= 11 is 0. The van der Waals surface area contributed by atoms with Crippen LogP contribution in [0.15, 0.2) is 24.3 Å². The molecule has 1 N–H and O–H groups in total. The Balaban J connectivity index is 1.74. The smallest absolute Gasteiger partial charge is 0.122 e. The lowest BCUT2D eigenvalue weighted by molar-refractivity contribution is 0.0710. The minimum atomic E-state index is -0.667. The topological polar surface area (TPSA) is 49.8 Å². The fourth-order valence-corrected chi connectivity index (χ4v) is 3.24. The fraction of sp³-hybridized carbons (Fsp3) is 0.571. The van der Waals surface area contributed by atoms with Gasteiger partial charge in [0.1, 0.15) is 18.5 Å². The summed E-state index contributed by atoms with van der Waals surface area (Å²) in [6.45, 7) is 4.47. The molecule has 4 nitrogen and oxygen atoms in total. The van der Waals surface area contributed by atoms with Crippen LogP contribution in [-0.2, 0) is 10.8 Å². The Morgan fingerprint density at radius 1 is 1.37 bits per heavy atom. The van der Waals surface area contributed by atoms with Gasteiger partial charge in [0.2, 0.25) is 0 Å². The van der Waals surface area contributed by atoms with Gasteiger partial charge in [-0.15, -0.1) is 0 Å². The number of aliphatic hydroxyl groups excluding tert-OH is 1. The normalized spacial score (nSPS) is 19.3. The summed E-state index contributed by atoms with van der Waals surface area (Å²) in [6, 6.07) is 7.79. The van der Waals surface area contributed by atoms with Crippen molar-refractivity contribution in [1.82, 2.24) is 4.90 Å². The summed E-state index contributed by atoms with van der Waals surface area (Å²) in [7, 11) is -0.667. The van der Waals surface area contributed by atoms with Gasteiger partial charge < -0.3 is 9.84 Å². The minimum absolute atomic E-state index is 0.296. The Kier molecular flexibility index (Phi) is 5.36. The Labute approximate surface area is 116 Å². The average Bonchev–Trinajstić information content (AvgIpc) is 2.40. The maximum Gasteiger partial charge on any atom is 0.122 e. The van der Waals surface area contributed by atoms with Crippen molar-refractivity contribution in [3.63, 3.8) is 0 Å². The van der Waals surface area contributed by atoms with Crippen molar-refractivity contribution < 1.29 is 14.1 Å². The van der Waals surface area contributed by atoms with Gasteiger partial charge in [0.15, 0.2) is 0 Å². The van der Waals surface area contributed by atoms with Crippen LogP contribution in [0.4, 0.5) is 0 Å². The first kappa shape index (κ1) is 14.5. The third-order valence-corrected chi connectivity index (χ3v) is 4.54. The lowest BCUT2D eigenvalue weighted by Crippen LogP contribution is -2.43. The molecular formula is C14H21NO3S. The maximum atomic E-state index is 11.2. The highest BCUT2D eigenvalue weighted by atomic mass is 32.2. The Morgan fingerprint density at radius 2 is 2.05 bits per heavy atom. The predicted molar refractivity (Wildman–Crippen MR) is 77.0 cm³/mol. The van der Waals surface area contributed by atoms with Crippen LogP contribution in [0.2, 0.25) is 0 Å². The molecule has 1 heterocycles. The molecule has 1 atom stereocenters. The first-order chi connectivity index (χ1) is 9.15. The second kappa shape index (κ2) is 7.03. The van der Waals surface area contributed by atoms with Gasteiger partial charge >= 0.3 is 0 Å². The molecule has 5 heteroatoms. The SMILES string of the molecule is Cc1ccccc1OCC(O)CN1CCS(=O)CC1. The molecule has 1 aliphatic rings. The second-order valence-corrected chi connectivity index (χ2v) is 6.58. The molecule has 1 aromatic carbocycles. The molecule has 1 fully saturated rings. The predicted octanol–water partition coefficient (Wildman–Crippen LogP) is 0.799. The molecule has 1 aliphatic heterocycles. The van der Waals surface area contributed by atoms with Crippen LogP contribution in [-0.4, -0.2) is 58.1 Å². The number of hydrogen-bond donors (Lipinski definition) is 1. The van der Waals surface area contributed by atoms with Gasteiger partial charge in [-0.05, 0) is 18.6 Å². The van der Waals surface area contributed by atoms with Crippen LogP contribution in [0.5, 0.6) is 5.75 Å². The van der Waals surface area contributed by atoms with Crippen molar-refractivity contribution in [1.29, 1.82) is 0 Å². The molecule has 0 aliphatic carbocycles. The summed E-state index contributed by atoms with van der Waals surface area (Å²) in [5.74, 6) is 2.25. The summed E-state index contributed by atoms with van der Waals surface area (Å²) in [5, 5.41) is 9.98. The molecule has 1 saturated heterocycles. The number of ether oxygens (including phenoxy) is 1. The van der Waals surface area contributed by atoms with Crippen molar-refractivity contribution in [3.8, 4) is 5.75 Å². The van der Waals surface area contributed by atoms with Crippen LogP contribution < -0.4 is 4.74 Å². The minimum Gasteiger partial charge on any atom is -0.491 e. The van der Waals surface area contributed by atoms with Gasteiger partial charge in [-0.3, -0.25) is 9.11 Å². The fourth-order valence-electron chi connectivity index (χ4n) is 2.11. The zero-order chi connectivity index (χ0) is 13.7. The summed E-state index contributed by atoms with van der Waals surface area (Å²) in [4.78, 5) is 2.15. The van der Waals surface area contributed by atoms with E-state index in [0.717, 1.165) is 24.4 Å². The monoisotopic (exact) mass is 283 g/mol. The van der Waals surface area contributed by atoms with Crippen LogP contribution in [0, 0.1) is 6.92 Å². The van der Waals surface area contributed by atoms with Crippen molar-refractivity contribution in [2.45, 2.75) is 13.0 Å². The Morgan fingerprint density at radius 3 is 2.74 bits per heavy atom. The molecule has 0 saturated carbocycles. The second-order valence-electron chi connectivity index (χ2n) is 4.88. The van der Waals surface area contributed by atoms with Crippen molar-refractivity contribution in [2.24, 2.45) is 0 Å². The van der Waals surface area contributed by atoms with Gasteiger partial charge in [-0.2, -0.15) is 0 Å². The number of hydrogen-bond acceptors (Lipinski definition) is 4. The highest BCUT2D eigenvalue weighted by molar-refractivity contribution is 7.85. The van der Waals surface area contributed by atoms with E-state index in [1.165, 1.54) is 0 Å². The lowest BCUT2D eigenvalue weighted by atomic mass is 10.2. The molecule has 0 spiro atoms.